The minimum Gasteiger partial charge on any atom is -0.444 e. The van der Waals surface area contributed by atoms with Crippen LogP contribution in [0, 0.1) is 5.92 Å². The predicted molar refractivity (Wildman–Crippen MR) is 92.1 cm³/mol. The molecule has 22 heavy (non-hydrogen) atoms. The fourth-order valence-electron chi connectivity index (χ4n) is 3.21. The number of alkyl carbamates (subject to hydrolysis) is 1. The average Bonchev–Trinajstić information content (AvgIpc) is 2.89. The maximum absolute atomic E-state index is 12.1. The van der Waals surface area contributed by atoms with Crippen molar-refractivity contribution in [1.82, 2.24) is 10.6 Å². The molecule has 0 radical (unpaired) electrons. The molecule has 0 spiro atoms. The van der Waals surface area contributed by atoms with Gasteiger partial charge in [-0.3, -0.25) is 0 Å². The third-order valence-corrected chi connectivity index (χ3v) is 4.97. The van der Waals surface area contributed by atoms with Crippen molar-refractivity contribution in [3.05, 3.63) is 0 Å². The van der Waals surface area contributed by atoms with Crippen molar-refractivity contribution in [2.24, 2.45) is 5.92 Å². The first-order chi connectivity index (χ1) is 10.2. The molecule has 0 aromatic heterocycles. The lowest BCUT2D eigenvalue weighted by Gasteiger charge is -2.35. The van der Waals surface area contributed by atoms with Crippen LogP contribution in [0.4, 0.5) is 4.79 Å². The van der Waals surface area contributed by atoms with Crippen molar-refractivity contribution in [3.63, 3.8) is 0 Å². The Morgan fingerprint density at radius 2 is 1.77 bits per heavy atom. The van der Waals surface area contributed by atoms with Crippen molar-refractivity contribution in [2.75, 3.05) is 6.54 Å². The third-order valence-electron chi connectivity index (χ3n) is 4.97. The summed E-state index contributed by atoms with van der Waals surface area (Å²) < 4.78 is 5.43. The summed E-state index contributed by atoms with van der Waals surface area (Å²) in [5.74, 6) is 0.869. The van der Waals surface area contributed by atoms with Crippen LogP contribution in [0.1, 0.15) is 80.1 Å². The number of hydrogen-bond donors (Lipinski definition) is 2. The van der Waals surface area contributed by atoms with E-state index in [-0.39, 0.29) is 11.6 Å². The van der Waals surface area contributed by atoms with Crippen molar-refractivity contribution >= 4 is 6.09 Å². The third kappa shape index (κ3) is 6.15. The van der Waals surface area contributed by atoms with Gasteiger partial charge in [-0.1, -0.05) is 27.2 Å². The Balaban J connectivity index is 2.54. The fraction of sp³-hybridized carbons (Fsp3) is 0.944. The van der Waals surface area contributed by atoms with Crippen molar-refractivity contribution < 1.29 is 9.53 Å². The highest BCUT2D eigenvalue weighted by Crippen LogP contribution is 2.28. The second-order valence-corrected chi connectivity index (χ2v) is 7.78. The molecule has 1 amide bonds. The van der Waals surface area contributed by atoms with Crippen LogP contribution in [0.15, 0.2) is 0 Å². The largest absolute Gasteiger partial charge is 0.444 e. The van der Waals surface area contributed by atoms with Gasteiger partial charge in [-0.05, 0) is 58.8 Å². The maximum atomic E-state index is 12.1. The molecule has 1 saturated carbocycles. The summed E-state index contributed by atoms with van der Waals surface area (Å²) in [5.41, 5.74) is -0.669. The maximum Gasteiger partial charge on any atom is 0.408 e. The van der Waals surface area contributed by atoms with Gasteiger partial charge in [0, 0.05) is 12.6 Å². The summed E-state index contributed by atoms with van der Waals surface area (Å²) in [7, 11) is 0. The lowest BCUT2D eigenvalue weighted by molar-refractivity contribution is 0.0444. The summed E-state index contributed by atoms with van der Waals surface area (Å²) in [4.78, 5) is 12.1. The summed E-state index contributed by atoms with van der Waals surface area (Å²) in [6.07, 6.45) is 6.64. The van der Waals surface area contributed by atoms with Crippen LogP contribution >= 0.6 is 0 Å². The van der Waals surface area contributed by atoms with Gasteiger partial charge in [0.15, 0.2) is 0 Å². The number of ether oxygens (including phenoxy) is 1. The minimum absolute atomic E-state index is 0.216. The molecule has 4 nitrogen and oxygen atoms in total. The van der Waals surface area contributed by atoms with Gasteiger partial charge >= 0.3 is 6.09 Å². The number of rotatable bonds is 7. The molecule has 2 unspecified atom stereocenters. The highest BCUT2D eigenvalue weighted by atomic mass is 16.6. The summed E-state index contributed by atoms with van der Waals surface area (Å²) in [6, 6.07) is 0.600. The summed E-state index contributed by atoms with van der Waals surface area (Å²) in [6.45, 7) is 13.0. The van der Waals surface area contributed by atoms with Gasteiger partial charge in [-0.15, -0.1) is 0 Å². The quantitative estimate of drug-likeness (QED) is 0.739. The van der Waals surface area contributed by atoms with Crippen LogP contribution in [0.5, 0.6) is 0 Å². The van der Waals surface area contributed by atoms with Crippen LogP contribution in [-0.2, 0) is 4.74 Å². The zero-order valence-electron chi connectivity index (χ0n) is 15.4. The highest BCUT2D eigenvalue weighted by molar-refractivity contribution is 5.68. The molecule has 1 fully saturated rings. The van der Waals surface area contributed by atoms with Crippen molar-refractivity contribution in [1.29, 1.82) is 0 Å². The number of carbonyl (C=O) groups is 1. The Kier molecular flexibility index (Phi) is 7.17. The molecule has 1 aliphatic rings. The topological polar surface area (TPSA) is 50.4 Å². The standard InChI is InChI=1S/C18H36N2O2/c1-7-14-10-11-15(12-14)19-13-18(8-2,9-3)20-16(21)22-17(4,5)6/h14-15,19H,7-13H2,1-6H3,(H,20,21). The number of carbonyl (C=O) groups excluding carboxylic acids is 1. The SMILES string of the molecule is CCC1CCC(NCC(CC)(CC)NC(=O)OC(C)(C)C)C1. The first-order valence-corrected chi connectivity index (χ1v) is 8.98. The van der Waals surface area contributed by atoms with Gasteiger partial charge in [0.05, 0.1) is 5.54 Å². The number of amides is 1. The van der Waals surface area contributed by atoms with Gasteiger partial charge < -0.3 is 15.4 Å². The Bertz CT molecular complexity index is 345. The van der Waals surface area contributed by atoms with Crippen molar-refractivity contribution in [3.8, 4) is 0 Å². The highest BCUT2D eigenvalue weighted by Gasteiger charge is 2.32. The van der Waals surface area contributed by atoms with E-state index in [4.69, 9.17) is 4.74 Å². The predicted octanol–water partition coefficient (Wildman–Crippen LogP) is 4.24. The molecule has 2 atom stereocenters. The van der Waals surface area contributed by atoms with E-state index in [1.54, 1.807) is 0 Å². The molecule has 0 bridgehead atoms. The van der Waals surface area contributed by atoms with E-state index in [1.807, 2.05) is 20.8 Å². The minimum atomic E-state index is -0.454. The van der Waals surface area contributed by atoms with E-state index in [1.165, 1.54) is 25.7 Å². The molecular formula is C18H36N2O2. The van der Waals surface area contributed by atoms with Crippen LogP contribution in [0.25, 0.3) is 0 Å². The first kappa shape index (κ1) is 19.3. The molecule has 130 valence electrons. The normalized spacial score (nSPS) is 22.6. The molecule has 4 heteroatoms. The smallest absolute Gasteiger partial charge is 0.408 e. The first-order valence-electron chi connectivity index (χ1n) is 8.98. The van der Waals surface area contributed by atoms with Gasteiger partial charge in [0.1, 0.15) is 5.60 Å². The van der Waals surface area contributed by atoms with Gasteiger partial charge in [-0.2, -0.15) is 0 Å². The molecule has 0 heterocycles. The zero-order valence-corrected chi connectivity index (χ0v) is 15.4. The van der Waals surface area contributed by atoms with Crippen LogP contribution in [0.2, 0.25) is 0 Å². The Morgan fingerprint density at radius 1 is 1.14 bits per heavy atom. The van der Waals surface area contributed by atoms with Crippen LogP contribution < -0.4 is 10.6 Å². The van der Waals surface area contributed by atoms with E-state index in [9.17, 15) is 4.79 Å². The molecular weight excluding hydrogens is 276 g/mol. The Labute approximate surface area is 136 Å². The van der Waals surface area contributed by atoms with E-state index in [0.717, 1.165) is 25.3 Å². The number of hydrogen-bond acceptors (Lipinski definition) is 3. The second kappa shape index (κ2) is 8.19. The summed E-state index contributed by atoms with van der Waals surface area (Å²) >= 11 is 0. The summed E-state index contributed by atoms with van der Waals surface area (Å²) in [5, 5.41) is 6.80. The fourth-order valence-corrected chi connectivity index (χ4v) is 3.21. The molecule has 1 rings (SSSR count). The van der Waals surface area contributed by atoms with Gasteiger partial charge in [0.25, 0.3) is 0 Å². The molecule has 0 aliphatic heterocycles. The van der Waals surface area contributed by atoms with E-state index < -0.39 is 5.60 Å². The molecule has 2 N–H and O–H groups in total. The van der Waals surface area contributed by atoms with E-state index >= 15 is 0 Å². The monoisotopic (exact) mass is 312 g/mol. The van der Waals surface area contributed by atoms with Crippen LogP contribution in [0.3, 0.4) is 0 Å². The zero-order chi connectivity index (χ0) is 16.8. The van der Waals surface area contributed by atoms with E-state index in [0.29, 0.717) is 6.04 Å². The Morgan fingerprint density at radius 3 is 2.23 bits per heavy atom. The number of nitrogens with one attached hydrogen (secondary N) is 2. The lowest BCUT2D eigenvalue weighted by atomic mass is 9.92. The molecule has 0 aromatic rings. The molecule has 0 aromatic carbocycles. The van der Waals surface area contributed by atoms with Crippen LogP contribution in [-0.4, -0.2) is 29.8 Å². The lowest BCUT2D eigenvalue weighted by Crippen LogP contribution is -2.56. The molecule has 1 aliphatic carbocycles. The van der Waals surface area contributed by atoms with Crippen molar-refractivity contribution in [2.45, 2.75) is 97.2 Å². The van der Waals surface area contributed by atoms with E-state index in [2.05, 4.69) is 31.4 Å². The van der Waals surface area contributed by atoms with Gasteiger partial charge in [0.2, 0.25) is 0 Å². The molecule has 0 saturated heterocycles. The second-order valence-electron chi connectivity index (χ2n) is 7.78. The Hall–Kier alpha value is -0.770. The van der Waals surface area contributed by atoms with Gasteiger partial charge in [-0.25, -0.2) is 4.79 Å². The average molecular weight is 312 g/mol.